The third-order valence-corrected chi connectivity index (χ3v) is 3.51. The molecule has 116 valence electrons. The molecule has 1 unspecified atom stereocenters. The Hall–Kier alpha value is -3.22. The summed E-state index contributed by atoms with van der Waals surface area (Å²) in [7, 11) is 0. The highest BCUT2D eigenvalue weighted by Crippen LogP contribution is 2.20. The zero-order valence-electron chi connectivity index (χ0n) is 12.3. The third kappa shape index (κ3) is 2.89. The molecule has 1 heterocycles. The van der Waals surface area contributed by atoms with Crippen LogP contribution in [-0.4, -0.2) is 20.8 Å². The van der Waals surface area contributed by atoms with Crippen LogP contribution in [0, 0.1) is 10.1 Å². The number of aromatic amines is 1. The van der Waals surface area contributed by atoms with Crippen molar-refractivity contribution in [1.82, 2.24) is 15.3 Å². The smallest absolute Gasteiger partial charge is 0.282 e. The Morgan fingerprint density at radius 3 is 2.65 bits per heavy atom. The maximum atomic E-state index is 12.3. The average Bonchev–Trinajstić information content (AvgIpc) is 2.99. The van der Waals surface area contributed by atoms with Crippen LogP contribution in [0.3, 0.4) is 0 Å². The molecule has 2 aromatic carbocycles. The van der Waals surface area contributed by atoms with E-state index in [0.29, 0.717) is 5.82 Å². The number of fused-ring (bicyclic) bond motifs is 1. The molecule has 0 fully saturated rings. The van der Waals surface area contributed by atoms with Crippen molar-refractivity contribution >= 4 is 22.6 Å². The Morgan fingerprint density at radius 1 is 1.22 bits per heavy atom. The van der Waals surface area contributed by atoms with Crippen molar-refractivity contribution in [3.05, 3.63) is 70.0 Å². The fourth-order valence-electron chi connectivity index (χ4n) is 2.35. The summed E-state index contributed by atoms with van der Waals surface area (Å²) in [6.07, 6.45) is 0. The second kappa shape index (κ2) is 5.88. The van der Waals surface area contributed by atoms with Gasteiger partial charge in [0, 0.05) is 6.07 Å². The number of benzene rings is 2. The van der Waals surface area contributed by atoms with Gasteiger partial charge in [0.2, 0.25) is 0 Å². The molecule has 0 aliphatic rings. The van der Waals surface area contributed by atoms with Crippen LogP contribution in [-0.2, 0) is 0 Å². The van der Waals surface area contributed by atoms with E-state index < -0.39 is 16.9 Å². The number of nitro benzene ring substituents is 1. The first kappa shape index (κ1) is 14.7. The summed E-state index contributed by atoms with van der Waals surface area (Å²) < 4.78 is 0. The molecule has 0 aliphatic heterocycles. The van der Waals surface area contributed by atoms with E-state index in [2.05, 4.69) is 15.3 Å². The van der Waals surface area contributed by atoms with Crippen LogP contribution < -0.4 is 5.32 Å². The molecule has 1 atom stereocenters. The Balaban J connectivity index is 1.83. The summed E-state index contributed by atoms with van der Waals surface area (Å²) in [5.74, 6) is 0.0865. The van der Waals surface area contributed by atoms with E-state index in [1.54, 1.807) is 13.0 Å². The van der Waals surface area contributed by atoms with Gasteiger partial charge in [-0.05, 0) is 25.1 Å². The first-order valence-electron chi connectivity index (χ1n) is 7.05. The highest BCUT2D eigenvalue weighted by molar-refractivity contribution is 5.98. The predicted octanol–water partition coefficient (Wildman–Crippen LogP) is 2.96. The molecule has 7 heteroatoms. The molecule has 2 N–H and O–H groups in total. The first-order valence-corrected chi connectivity index (χ1v) is 7.05. The number of imidazole rings is 1. The van der Waals surface area contributed by atoms with Gasteiger partial charge in [0.25, 0.3) is 11.6 Å². The highest BCUT2D eigenvalue weighted by Gasteiger charge is 2.21. The minimum Gasteiger partial charge on any atom is -0.342 e. The van der Waals surface area contributed by atoms with Crippen LogP contribution in [0.4, 0.5) is 5.69 Å². The number of H-pyrrole nitrogens is 1. The van der Waals surface area contributed by atoms with E-state index in [1.165, 1.54) is 18.2 Å². The number of hydrogen-bond acceptors (Lipinski definition) is 4. The lowest BCUT2D eigenvalue weighted by molar-refractivity contribution is -0.385. The van der Waals surface area contributed by atoms with Gasteiger partial charge in [-0.25, -0.2) is 4.98 Å². The minimum absolute atomic E-state index is 0.0282. The Morgan fingerprint density at radius 2 is 1.91 bits per heavy atom. The number of para-hydroxylation sites is 3. The minimum atomic E-state index is -0.569. The van der Waals surface area contributed by atoms with Gasteiger partial charge < -0.3 is 10.3 Å². The van der Waals surface area contributed by atoms with E-state index in [9.17, 15) is 14.9 Å². The second-order valence-electron chi connectivity index (χ2n) is 5.11. The van der Waals surface area contributed by atoms with Crippen LogP contribution in [0.1, 0.15) is 29.1 Å². The molecule has 23 heavy (non-hydrogen) atoms. The lowest BCUT2D eigenvalue weighted by Crippen LogP contribution is -2.27. The fraction of sp³-hybridized carbons (Fsp3) is 0.125. The average molecular weight is 310 g/mol. The van der Waals surface area contributed by atoms with Crippen molar-refractivity contribution in [2.24, 2.45) is 0 Å². The van der Waals surface area contributed by atoms with Crippen LogP contribution >= 0.6 is 0 Å². The first-order chi connectivity index (χ1) is 11.1. The van der Waals surface area contributed by atoms with Crippen molar-refractivity contribution in [3.63, 3.8) is 0 Å². The van der Waals surface area contributed by atoms with Crippen LogP contribution in [0.25, 0.3) is 11.0 Å². The van der Waals surface area contributed by atoms with Crippen molar-refractivity contribution < 1.29 is 9.72 Å². The van der Waals surface area contributed by atoms with Crippen molar-refractivity contribution in [1.29, 1.82) is 0 Å². The predicted molar refractivity (Wildman–Crippen MR) is 85.1 cm³/mol. The second-order valence-corrected chi connectivity index (χ2v) is 5.11. The van der Waals surface area contributed by atoms with E-state index >= 15 is 0 Å². The molecule has 0 saturated carbocycles. The maximum Gasteiger partial charge on any atom is 0.282 e. The van der Waals surface area contributed by atoms with E-state index in [1.807, 2.05) is 24.3 Å². The number of aromatic nitrogens is 2. The van der Waals surface area contributed by atoms with Gasteiger partial charge >= 0.3 is 0 Å². The summed E-state index contributed by atoms with van der Waals surface area (Å²) in [6.45, 7) is 1.77. The summed E-state index contributed by atoms with van der Waals surface area (Å²) in [5, 5.41) is 13.7. The molecular formula is C16H14N4O3. The SMILES string of the molecule is CC(NC(=O)c1ccccc1[N+](=O)[O-])c1nc2ccccc2[nH]1. The number of carbonyl (C=O) groups excluding carboxylic acids is 1. The molecule has 1 amide bonds. The van der Waals surface area contributed by atoms with Gasteiger partial charge in [-0.2, -0.15) is 0 Å². The lowest BCUT2D eigenvalue weighted by atomic mass is 10.1. The fourth-order valence-corrected chi connectivity index (χ4v) is 2.35. The summed E-state index contributed by atoms with van der Waals surface area (Å²) in [4.78, 5) is 30.3. The van der Waals surface area contributed by atoms with Crippen LogP contribution in [0.15, 0.2) is 48.5 Å². The van der Waals surface area contributed by atoms with Crippen molar-refractivity contribution in [3.8, 4) is 0 Å². The number of nitrogens with zero attached hydrogens (tertiary/aromatic N) is 2. The molecule has 0 spiro atoms. The van der Waals surface area contributed by atoms with Crippen LogP contribution in [0.5, 0.6) is 0 Å². The molecule has 0 radical (unpaired) electrons. The molecule has 0 aliphatic carbocycles. The van der Waals surface area contributed by atoms with Crippen LogP contribution in [0.2, 0.25) is 0 Å². The number of amides is 1. The number of nitrogens with one attached hydrogen (secondary N) is 2. The van der Waals surface area contributed by atoms with Crippen molar-refractivity contribution in [2.75, 3.05) is 0 Å². The number of hydrogen-bond donors (Lipinski definition) is 2. The monoisotopic (exact) mass is 310 g/mol. The molecule has 7 nitrogen and oxygen atoms in total. The Bertz CT molecular complexity index is 855. The zero-order chi connectivity index (χ0) is 16.4. The normalized spacial score (nSPS) is 12.0. The van der Waals surface area contributed by atoms with Gasteiger partial charge in [0.15, 0.2) is 0 Å². The molecule has 0 bridgehead atoms. The summed E-state index contributed by atoms with van der Waals surface area (Å²) in [5.41, 5.74) is 1.48. The molecular weight excluding hydrogens is 296 g/mol. The molecule has 3 aromatic rings. The summed E-state index contributed by atoms with van der Waals surface area (Å²) in [6, 6.07) is 13.0. The Labute approximate surface area is 131 Å². The highest BCUT2D eigenvalue weighted by atomic mass is 16.6. The topological polar surface area (TPSA) is 101 Å². The lowest BCUT2D eigenvalue weighted by Gasteiger charge is -2.11. The number of rotatable bonds is 4. The van der Waals surface area contributed by atoms with Gasteiger partial charge in [-0.3, -0.25) is 14.9 Å². The van der Waals surface area contributed by atoms with E-state index in [0.717, 1.165) is 11.0 Å². The third-order valence-electron chi connectivity index (χ3n) is 3.51. The van der Waals surface area contributed by atoms with Gasteiger partial charge in [0.1, 0.15) is 11.4 Å². The largest absolute Gasteiger partial charge is 0.342 e. The summed E-state index contributed by atoms with van der Waals surface area (Å²) >= 11 is 0. The number of nitro groups is 1. The van der Waals surface area contributed by atoms with E-state index in [-0.39, 0.29) is 11.3 Å². The van der Waals surface area contributed by atoms with Gasteiger partial charge in [-0.1, -0.05) is 24.3 Å². The Kier molecular flexibility index (Phi) is 3.76. The van der Waals surface area contributed by atoms with Gasteiger partial charge in [-0.15, -0.1) is 0 Å². The van der Waals surface area contributed by atoms with Crippen molar-refractivity contribution in [2.45, 2.75) is 13.0 Å². The molecule has 3 rings (SSSR count). The number of carbonyl (C=O) groups is 1. The standard InChI is InChI=1S/C16H14N4O3/c1-10(15-18-12-7-3-4-8-13(12)19-15)17-16(21)11-6-2-5-9-14(11)20(22)23/h2-10H,1H3,(H,17,21)(H,18,19). The quantitative estimate of drug-likeness (QED) is 0.571. The molecule has 1 aromatic heterocycles. The van der Waals surface area contributed by atoms with Gasteiger partial charge in [0.05, 0.1) is 22.0 Å². The maximum absolute atomic E-state index is 12.3. The molecule has 0 saturated heterocycles. The van der Waals surface area contributed by atoms with E-state index in [4.69, 9.17) is 0 Å². The zero-order valence-corrected chi connectivity index (χ0v) is 12.3.